The second-order valence-corrected chi connectivity index (χ2v) is 7.30. The van der Waals surface area contributed by atoms with Gasteiger partial charge in [-0.25, -0.2) is 8.42 Å². The zero-order chi connectivity index (χ0) is 21.3. The Morgan fingerprint density at radius 3 is 2.00 bits per heavy atom. The molecule has 0 saturated carbocycles. The fraction of sp³-hybridized carbons (Fsp3) is 0.174. The maximum Gasteiger partial charge on any atom is 0.261 e. The summed E-state index contributed by atoms with van der Waals surface area (Å²) in [4.78, 5) is 0.227. The molecule has 1 heterocycles. The van der Waals surface area contributed by atoms with Gasteiger partial charge >= 0.3 is 0 Å². The predicted octanol–water partition coefficient (Wildman–Crippen LogP) is 6.08. The minimum atomic E-state index is -3.61. The average molecular weight is 410 g/mol. The van der Waals surface area contributed by atoms with Gasteiger partial charge in [0, 0.05) is 10.9 Å². The van der Waals surface area contributed by atoms with Crippen LogP contribution in [0.1, 0.15) is 27.7 Å². The Morgan fingerprint density at radius 1 is 0.793 bits per heavy atom. The van der Waals surface area contributed by atoms with Gasteiger partial charge in [0.05, 0.1) is 21.8 Å². The minimum absolute atomic E-state index is 0.227. The van der Waals surface area contributed by atoms with Gasteiger partial charge in [0.25, 0.3) is 10.0 Å². The molecule has 3 aromatic carbocycles. The van der Waals surface area contributed by atoms with Crippen LogP contribution in [0.5, 0.6) is 0 Å². The Morgan fingerprint density at radius 2 is 1.38 bits per heavy atom. The predicted molar refractivity (Wildman–Crippen MR) is 121 cm³/mol. The molecule has 0 radical (unpaired) electrons. The Bertz CT molecular complexity index is 1120. The molecule has 0 aliphatic rings. The SMILES string of the molecule is CC.CC.O=S(=O)(Nc1ccc2c(-c3ccccc3)n[nH]c2c1)c1ccccc1. The van der Waals surface area contributed by atoms with Crippen molar-refractivity contribution < 1.29 is 8.42 Å². The summed E-state index contributed by atoms with van der Waals surface area (Å²) >= 11 is 0. The van der Waals surface area contributed by atoms with Gasteiger partial charge in [-0.3, -0.25) is 9.82 Å². The Kier molecular flexibility index (Phi) is 7.98. The van der Waals surface area contributed by atoms with E-state index in [1.807, 2.05) is 64.1 Å². The van der Waals surface area contributed by atoms with Crippen LogP contribution in [-0.2, 0) is 10.0 Å². The molecule has 0 amide bonds. The number of benzene rings is 3. The molecule has 0 fully saturated rings. The van der Waals surface area contributed by atoms with Crippen LogP contribution in [-0.4, -0.2) is 18.6 Å². The summed E-state index contributed by atoms with van der Waals surface area (Å²) in [5, 5.41) is 8.27. The van der Waals surface area contributed by atoms with Crippen molar-refractivity contribution >= 4 is 26.6 Å². The van der Waals surface area contributed by atoms with E-state index in [1.165, 1.54) is 0 Å². The van der Waals surface area contributed by atoms with Crippen LogP contribution in [0, 0.1) is 0 Å². The number of aromatic amines is 1. The van der Waals surface area contributed by atoms with Crippen molar-refractivity contribution in [1.82, 2.24) is 10.2 Å². The third-order valence-corrected chi connectivity index (χ3v) is 5.31. The van der Waals surface area contributed by atoms with Crippen LogP contribution in [0.4, 0.5) is 5.69 Å². The zero-order valence-corrected chi connectivity index (χ0v) is 18.0. The van der Waals surface area contributed by atoms with Crippen molar-refractivity contribution in [2.24, 2.45) is 0 Å². The molecule has 0 unspecified atom stereocenters. The van der Waals surface area contributed by atoms with E-state index in [0.29, 0.717) is 5.69 Å². The maximum absolute atomic E-state index is 12.4. The quantitative estimate of drug-likeness (QED) is 0.429. The molecule has 6 heteroatoms. The van der Waals surface area contributed by atoms with E-state index in [-0.39, 0.29) is 4.90 Å². The number of rotatable bonds is 4. The number of nitrogens with zero attached hydrogens (tertiary/aromatic N) is 1. The summed E-state index contributed by atoms with van der Waals surface area (Å²) in [5.41, 5.74) is 3.10. The molecule has 0 atom stereocenters. The lowest BCUT2D eigenvalue weighted by atomic mass is 10.1. The van der Waals surface area contributed by atoms with Gasteiger partial charge in [-0.05, 0) is 30.3 Å². The van der Waals surface area contributed by atoms with Gasteiger partial charge in [0.1, 0.15) is 0 Å². The first-order valence-corrected chi connectivity index (χ1v) is 11.2. The van der Waals surface area contributed by atoms with Gasteiger partial charge < -0.3 is 0 Å². The highest BCUT2D eigenvalue weighted by atomic mass is 32.2. The van der Waals surface area contributed by atoms with E-state index in [0.717, 1.165) is 22.2 Å². The van der Waals surface area contributed by atoms with Crippen LogP contribution < -0.4 is 4.72 Å². The zero-order valence-electron chi connectivity index (χ0n) is 17.2. The molecular weight excluding hydrogens is 382 g/mol. The molecule has 2 N–H and O–H groups in total. The minimum Gasteiger partial charge on any atom is -0.280 e. The number of fused-ring (bicyclic) bond motifs is 1. The first-order chi connectivity index (χ1) is 14.1. The third kappa shape index (κ3) is 5.23. The fourth-order valence-electron chi connectivity index (χ4n) is 2.71. The summed E-state index contributed by atoms with van der Waals surface area (Å²) in [6.07, 6.45) is 0. The third-order valence-electron chi connectivity index (χ3n) is 3.92. The largest absolute Gasteiger partial charge is 0.280 e. The summed E-state index contributed by atoms with van der Waals surface area (Å²) in [6.45, 7) is 8.00. The van der Waals surface area contributed by atoms with Crippen molar-refractivity contribution in [3.05, 3.63) is 78.9 Å². The average Bonchev–Trinajstić information content (AvgIpc) is 3.21. The second kappa shape index (κ2) is 10.4. The molecule has 1 aromatic heterocycles. The van der Waals surface area contributed by atoms with Crippen molar-refractivity contribution in [3.8, 4) is 11.3 Å². The Labute approximate surface area is 172 Å². The Balaban J connectivity index is 0.000000707. The van der Waals surface area contributed by atoms with Crippen LogP contribution in [0.3, 0.4) is 0 Å². The van der Waals surface area contributed by atoms with Crippen molar-refractivity contribution in [2.75, 3.05) is 4.72 Å². The highest BCUT2D eigenvalue weighted by molar-refractivity contribution is 7.92. The van der Waals surface area contributed by atoms with Gasteiger partial charge in [0.2, 0.25) is 0 Å². The van der Waals surface area contributed by atoms with E-state index in [9.17, 15) is 8.42 Å². The topological polar surface area (TPSA) is 74.8 Å². The smallest absolute Gasteiger partial charge is 0.261 e. The summed E-state index contributed by atoms with van der Waals surface area (Å²) in [7, 11) is -3.61. The van der Waals surface area contributed by atoms with E-state index < -0.39 is 10.0 Å². The lowest BCUT2D eigenvalue weighted by molar-refractivity contribution is 0.601. The number of hydrogen-bond donors (Lipinski definition) is 2. The standard InChI is InChI=1S/C19H15N3O2S.2C2H6/c23-25(24,16-9-5-2-6-10-16)22-15-11-12-17-18(13-15)20-21-19(17)14-7-3-1-4-8-14;2*1-2/h1-13,22H,(H,20,21);2*1-2H3. The van der Waals surface area contributed by atoms with E-state index in [1.54, 1.807) is 42.5 Å². The van der Waals surface area contributed by atoms with Gasteiger partial charge in [-0.2, -0.15) is 5.10 Å². The van der Waals surface area contributed by atoms with Crippen LogP contribution in [0.15, 0.2) is 83.8 Å². The number of H-pyrrole nitrogens is 1. The number of nitrogens with one attached hydrogen (secondary N) is 2. The number of hydrogen-bond acceptors (Lipinski definition) is 3. The summed E-state index contributed by atoms with van der Waals surface area (Å²) in [6, 6.07) is 23.5. The van der Waals surface area contributed by atoms with Gasteiger partial charge in [-0.15, -0.1) is 0 Å². The van der Waals surface area contributed by atoms with E-state index in [2.05, 4.69) is 14.9 Å². The van der Waals surface area contributed by atoms with Crippen LogP contribution in [0.25, 0.3) is 22.2 Å². The van der Waals surface area contributed by atoms with E-state index in [4.69, 9.17) is 0 Å². The first-order valence-electron chi connectivity index (χ1n) is 9.75. The molecule has 0 spiro atoms. The van der Waals surface area contributed by atoms with Gasteiger partial charge in [0.15, 0.2) is 0 Å². The first kappa shape index (κ1) is 22.2. The normalized spacial score (nSPS) is 10.3. The molecule has 0 aliphatic heterocycles. The number of sulfonamides is 1. The molecule has 152 valence electrons. The summed E-state index contributed by atoms with van der Waals surface area (Å²) in [5.74, 6) is 0. The molecule has 4 aromatic rings. The lowest BCUT2D eigenvalue weighted by Crippen LogP contribution is -2.12. The van der Waals surface area contributed by atoms with Crippen LogP contribution >= 0.6 is 0 Å². The van der Waals surface area contributed by atoms with Crippen molar-refractivity contribution in [1.29, 1.82) is 0 Å². The van der Waals surface area contributed by atoms with Crippen molar-refractivity contribution in [2.45, 2.75) is 32.6 Å². The Hall–Kier alpha value is -3.12. The second-order valence-electron chi connectivity index (χ2n) is 5.62. The molecule has 4 rings (SSSR count). The molecular formula is C23H27N3O2S. The molecule has 0 bridgehead atoms. The number of aromatic nitrogens is 2. The maximum atomic E-state index is 12.4. The van der Waals surface area contributed by atoms with Crippen molar-refractivity contribution in [3.63, 3.8) is 0 Å². The monoisotopic (exact) mass is 409 g/mol. The lowest BCUT2D eigenvalue weighted by Gasteiger charge is -2.08. The molecule has 0 aliphatic carbocycles. The molecule has 0 saturated heterocycles. The van der Waals surface area contributed by atoms with Gasteiger partial charge in [-0.1, -0.05) is 76.2 Å². The fourth-order valence-corrected chi connectivity index (χ4v) is 3.78. The van der Waals surface area contributed by atoms with E-state index >= 15 is 0 Å². The molecule has 29 heavy (non-hydrogen) atoms. The highest BCUT2D eigenvalue weighted by Gasteiger charge is 2.15. The van der Waals surface area contributed by atoms with Crippen LogP contribution in [0.2, 0.25) is 0 Å². The highest BCUT2D eigenvalue weighted by Crippen LogP contribution is 2.28. The number of anilines is 1. The summed E-state index contributed by atoms with van der Waals surface area (Å²) < 4.78 is 27.5. The molecule has 5 nitrogen and oxygen atoms in total.